The minimum absolute atomic E-state index is 0.785. The molecule has 3 nitrogen and oxygen atoms in total. The van der Waals surface area contributed by atoms with Crippen LogP contribution in [0.1, 0.15) is 25.2 Å². The zero-order valence-corrected chi connectivity index (χ0v) is 10.5. The SMILES string of the molecule is CC.COc1c(C)nc(SC)nc1C. The molecule has 0 N–H and O–H groups in total. The third-order valence-corrected chi connectivity index (χ3v) is 2.12. The van der Waals surface area contributed by atoms with Gasteiger partial charge in [-0.25, -0.2) is 9.97 Å². The van der Waals surface area contributed by atoms with Gasteiger partial charge in [-0.05, 0) is 20.1 Å². The van der Waals surface area contributed by atoms with Crippen LogP contribution in [0.3, 0.4) is 0 Å². The van der Waals surface area contributed by atoms with Gasteiger partial charge >= 0.3 is 0 Å². The second kappa shape index (κ2) is 6.65. The Morgan fingerprint density at radius 3 is 1.79 bits per heavy atom. The lowest BCUT2D eigenvalue weighted by atomic mass is 10.3. The molecule has 1 rings (SSSR count). The summed E-state index contributed by atoms with van der Waals surface area (Å²) in [6.07, 6.45) is 1.96. The molecular weight excluding hydrogens is 196 g/mol. The Morgan fingerprint density at radius 2 is 1.50 bits per heavy atom. The molecule has 0 aliphatic heterocycles. The van der Waals surface area contributed by atoms with Crippen LogP contribution in [0.4, 0.5) is 0 Å². The predicted molar refractivity (Wildman–Crippen MR) is 61.2 cm³/mol. The number of methoxy groups -OCH3 is 1. The molecule has 1 aromatic rings. The number of nitrogens with zero attached hydrogens (tertiary/aromatic N) is 2. The van der Waals surface area contributed by atoms with Crippen molar-refractivity contribution in [3.8, 4) is 5.75 Å². The Labute approximate surface area is 90.3 Å². The molecule has 0 bridgehead atoms. The van der Waals surface area contributed by atoms with Crippen LogP contribution < -0.4 is 4.74 Å². The van der Waals surface area contributed by atoms with Gasteiger partial charge in [0, 0.05) is 0 Å². The minimum Gasteiger partial charge on any atom is -0.493 e. The molecule has 4 heteroatoms. The first-order valence-corrected chi connectivity index (χ1v) is 5.84. The van der Waals surface area contributed by atoms with Crippen LogP contribution in [0.15, 0.2) is 5.16 Å². The van der Waals surface area contributed by atoms with Gasteiger partial charge < -0.3 is 4.74 Å². The number of ether oxygens (including phenoxy) is 1. The molecule has 0 aliphatic carbocycles. The van der Waals surface area contributed by atoms with Gasteiger partial charge in [-0.2, -0.15) is 0 Å². The Bertz CT molecular complexity index is 266. The van der Waals surface area contributed by atoms with Crippen LogP contribution in [0.5, 0.6) is 5.75 Å². The number of aryl methyl sites for hydroxylation is 2. The molecule has 0 saturated heterocycles. The Hall–Kier alpha value is -0.770. The summed E-state index contributed by atoms with van der Waals surface area (Å²) in [4.78, 5) is 8.50. The van der Waals surface area contributed by atoms with Gasteiger partial charge in [0.2, 0.25) is 0 Å². The first kappa shape index (κ1) is 13.2. The van der Waals surface area contributed by atoms with E-state index in [4.69, 9.17) is 4.74 Å². The molecule has 0 aromatic carbocycles. The van der Waals surface area contributed by atoms with E-state index >= 15 is 0 Å². The van der Waals surface area contributed by atoms with E-state index in [-0.39, 0.29) is 0 Å². The smallest absolute Gasteiger partial charge is 0.187 e. The number of aromatic nitrogens is 2. The highest BCUT2D eigenvalue weighted by molar-refractivity contribution is 7.98. The Balaban J connectivity index is 0.000000791. The van der Waals surface area contributed by atoms with Crippen molar-refractivity contribution in [1.82, 2.24) is 9.97 Å². The summed E-state index contributed by atoms with van der Waals surface area (Å²) in [7, 11) is 1.64. The first-order valence-electron chi connectivity index (χ1n) is 4.62. The average Bonchev–Trinajstić information content (AvgIpc) is 2.20. The van der Waals surface area contributed by atoms with E-state index in [1.807, 2.05) is 34.0 Å². The van der Waals surface area contributed by atoms with Crippen molar-refractivity contribution < 1.29 is 4.74 Å². The summed E-state index contributed by atoms with van der Waals surface area (Å²) in [6, 6.07) is 0. The van der Waals surface area contributed by atoms with Gasteiger partial charge in [0.1, 0.15) is 0 Å². The quantitative estimate of drug-likeness (QED) is 0.560. The highest BCUT2D eigenvalue weighted by Crippen LogP contribution is 2.21. The fraction of sp³-hybridized carbons (Fsp3) is 0.600. The van der Waals surface area contributed by atoms with Crippen molar-refractivity contribution in [2.24, 2.45) is 0 Å². The maximum absolute atomic E-state index is 5.14. The van der Waals surface area contributed by atoms with Crippen LogP contribution in [0.2, 0.25) is 0 Å². The molecule has 0 fully saturated rings. The molecular formula is C10H18N2OS. The molecule has 80 valence electrons. The molecule has 0 radical (unpaired) electrons. The summed E-state index contributed by atoms with van der Waals surface area (Å²) >= 11 is 1.54. The standard InChI is InChI=1S/C8H12N2OS.C2H6/c1-5-7(11-3)6(2)10-8(9-5)12-4;1-2/h1-4H3;1-2H3. The number of hydrogen-bond acceptors (Lipinski definition) is 4. The molecule has 0 unspecified atom stereocenters. The lowest BCUT2D eigenvalue weighted by molar-refractivity contribution is 0.401. The van der Waals surface area contributed by atoms with E-state index < -0.39 is 0 Å². The summed E-state index contributed by atoms with van der Waals surface area (Å²) < 4.78 is 5.14. The first-order chi connectivity index (χ1) is 6.69. The predicted octanol–water partition coefficient (Wildman–Crippen LogP) is 2.85. The zero-order chi connectivity index (χ0) is 11.1. The maximum Gasteiger partial charge on any atom is 0.187 e. The molecule has 0 amide bonds. The third kappa shape index (κ3) is 3.18. The second-order valence-corrected chi connectivity index (χ2v) is 3.19. The van der Waals surface area contributed by atoms with Crippen molar-refractivity contribution in [3.63, 3.8) is 0 Å². The van der Waals surface area contributed by atoms with Crippen LogP contribution in [0.25, 0.3) is 0 Å². The molecule has 1 heterocycles. The Morgan fingerprint density at radius 1 is 1.07 bits per heavy atom. The van der Waals surface area contributed by atoms with Crippen molar-refractivity contribution in [2.45, 2.75) is 32.9 Å². The average molecular weight is 214 g/mol. The number of hydrogen-bond donors (Lipinski definition) is 0. The molecule has 1 aromatic heterocycles. The maximum atomic E-state index is 5.14. The summed E-state index contributed by atoms with van der Waals surface area (Å²) in [5.74, 6) is 0.785. The van der Waals surface area contributed by atoms with Gasteiger partial charge in [0.05, 0.1) is 18.5 Å². The lowest BCUT2D eigenvalue weighted by Crippen LogP contribution is -1.98. The third-order valence-electron chi connectivity index (χ3n) is 1.57. The van der Waals surface area contributed by atoms with Gasteiger partial charge in [-0.1, -0.05) is 25.6 Å². The fourth-order valence-corrected chi connectivity index (χ4v) is 1.52. The lowest BCUT2D eigenvalue weighted by Gasteiger charge is -2.07. The van der Waals surface area contributed by atoms with Crippen LogP contribution in [0, 0.1) is 13.8 Å². The highest BCUT2D eigenvalue weighted by Gasteiger charge is 2.06. The monoisotopic (exact) mass is 214 g/mol. The zero-order valence-electron chi connectivity index (χ0n) is 9.71. The molecule has 0 atom stereocenters. The minimum atomic E-state index is 0.785. The summed E-state index contributed by atoms with van der Waals surface area (Å²) in [6.45, 7) is 7.85. The van der Waals surface area contributed by atoms with Crippen LogP contribution in [-0.2, 0) is 0 Å². The Kier molecular flexibility index (Phi) is 6.28. The van der Waals surface area contributed by atoms with Crippen molar-refractivity contribution in [2.75, 3.05) is 13.4 Å². The molecule has 0 spiro atoms. The molecule has 0 saturated carbocycles. The van der Waals surface area contributed by atoms with Gasteiger partial charge in [0.15, 0.2) is 10.9 Å². The summed E-state index contributed by atoms with van der Waals surface area (Å²) in [5.41, 5.74) is 1.80. The van der Waals surface area contributed by atoms with E-state index in [0.29, 0.717) is 0 Å². The largest absolute Gasteiger partial charge is 0.493 e. The number of rotatable bonds is 2. The van der Waals surface area contributed by atoms with Crippen LogP contribution in [-0.4, -0.2) is 23.3 Å². The highest BCUT2D eigenvalue weighted by atomic mass is 32.2. The number of thioether (sulfide) groups is 1. The van der Waals surface area contributed by atoms with Gasteiger partial charge in [-0.15, -0.1) is 0 Å². The normalized spacial score (nSPS) is 9.00. The summed E-state index contributed by atoms with van der Waals surface area (Å²) in [5, 5.41) is 0.797. The van der Waals surface area contributed by atoms with Crippen LogP contribution >= 0.6 is 11.8 Å². The van der Waals surface area contributed by atoms with E-state index in [9.17, 15) is 0 Å². The van der Waals surface area contributed by atoms with Gasteiger partial charge in [-0.3, -0.25) is 0 Å². The van der Waals surface area contributed by atoms with E-state index in [0.717, 1.165) is 22.3 Å². The molecule has 0 aliphatic rings. The van der Waals surface area contributed by atoms with E-state index in [1.165, 1.54) is 11.8 Å². The van der Waals surface area contributed by atoms with E-state index in [1.54, 1.807) is 7.11 Å². The van der Waals surface area contributed by atoms with Gasteiger partial charge in [0.25, 0.3) is 0 Å². The van der Waals surface area contributed by atoms with Crippen molar-refractivity contribution >= 4 is 11.8 Å². The van der Waals surface area contributed by atoms with Crippen molar-refractivity contribution in [1.29, 1.82) is 0 Å². The van der Waals surface area contributed by atoms with Crippen molar-refractivity contribution in [3.05, 3.63) is 11.4 Å². The fourth-order valence-electron chi connectivity index (χ4n) is 1.06. The topological polar surface area (TPSA) is 35.0 Å². The van der Waals surface area contributed by atoms with E-state index in [2.05, 4.69) is 9.97 Å². The second-order valence-electron chi connectivity index (χ2n) is 2.41. The molecule has 14 heavy (non-hydrogen) atoms.